The summed E-state index contributed by atoms with van der Waals surface area (Å²) < 4.78 is 11.7. The molecular formula is C13H18BrNO2. The Hall–Kier alpha value is -1.00. The molecule has 0 aliphatic heterocycles. The van der Waals surface area contributed by atoms with Crippen LogP contribution in [0.1, 0.15) is 19.4 Å². The van der Waals surface area contributed by atoms with Gasteiger partial charge < -0.3 is 15.2 Å². The van der Waals surface area contributed by atoms with E-state index in [4.69, 9.17) is 15.2 Å². The molecule has 0 unspecified atom stereocenters. The fourth-order valence-electron chi connectivity index (χ4n) is 1.48. The van der Waals surface area contributed by atoms with Gasteiger partial charge in [-0.3, -0.25) is 0 Å². The van der Waals surface area contributed by atoms with Crippen molar-refractivity contribution in [2.75, 3.05) is 20.3 Å². The molecule has 0 fully saturated rings. The summed E-state index contributed by atoms with van der Waals surface area (Å²) in [6.45, 7) is 5.10. The van der Waals surface area contributed by atoms with E-state index in [2.05, 4.69) is 15.9 Å². The highest BCUT2D eigenvalue weighted by Gasteiger charge is 2.10. The van der Waals surface area contributed by atoms with Crippen molar-refractivity contribution in [3.63, 3.8) is 0 Å². The average molecular weight is 300 g/mol. The second-order valence-electron chi connectivity index (χ2n) is 3.66. The maximum Gasteiger partial charge on any atom is 0.174 e. The summed E-state index contributed by atoms with van der Waals surface area (Å²) >= 11 is 3.47. The first-order chi connectivity index (χ1) is 8.12. The Morgan fingerprint density at radius 2 is 2.18 bits per heavy atom. The predicted octanol–water partition coefficient (Wildman–Crippen LogP) is 3.22. The normalized spacial score (nSPS) is 11.5. The van der Waals surface area contributed by atoms with Crippen molar-refractivity contribution in [3.05, 3.63) is 27.7 Å². The van der Waals surface area contributed by atoms with E-state index in [-0.39, 0.29) is 0 Å². The molecule has 94 valence electrons. The Kier molecular flexibility index (Phi) is 5.51. The van der Waals surface area contributed by atoms with Gasteiger partial charge in [-0.05, 0) is 47.5 Å². The highest BCUT2D eigenvalue weighted by molar-refractivity contribution is 9.10. The summed E-state index contributed by atoms with van der Waals surface area (Å²) in [5.74, 6) is 1.45. The van der Waals surface area contributed by atoms with Crippen molar-refractivity contribution in [1.29, 1.82) is 0 Å². The second-order valence-corrected chi connectivity index (χ2v) is 4.52. The van der Waals surface area contributed by atoms with Crippen LogP contribution in [0.15, 0.2) is 22.2 Å². The largest absolute Gasteiger partial charge is 0.492 e. The molecule has 0 bridgehead atoms. The maximum atomic E-state index is 5.57. The van der Waals surface area contributed by atoms with E-state index in [1.165, 1.54) is 0 Å². The Labute approximate surface area is 111 Å². The summed E-state index contributed by atoms with van der Waals surface area (Å²) in [5.41, 5.74) is 7.74. The topological polar surface area (TPSA) is 44.5 Å². The summed E-state index contributed by atoms with van der Waals surface area (Å²) in [5, 5.41) is 0. The van der Waals surface area contributed by atoms with Gasteiger partial charge in [0.05, 0.1) is 18.2 Å². The minimum Gasteiger partial charge on any atom is -0.492 e. The van der Waals surface area contributed by atoms with Crippen LogP contribution in [-0.2, 0) is 0 Å². The molecule has 0 spiro atoms. The monoisotopic (exact) mass is 299 g/mol. The van der Waals surface area contributed by atoms with Crippen LogP contribution >= 0.6 is 15.9 Å². The van der Waals surface area contributed by atoms with Gasteiger partial charge in [-0.1, -0.05) is 11.6 Å². The van der Waals surface area contributed by atoms with Gasteiger partial charge in [-0.2, -0.15) is 0 Å². The van der Waals surface area contributed by atoms with Gasteiger partial charge in [0.25, 0.3) is 0 Å². The molecule has 0 atom stereocenters. The zero-order valence-corrected chi connectivity index (χ0v) is 12.0. The predicted molar refractivity (Wildman–Crippen MR) is 74.6 cm³/mol. The van der Waals surface area contributed by atoms with Crippen LogP contribution in [0.5, 0.6) is 11.5 Å². The van der Waals surface area contributed by atoms with Gasteiger partial charge in [0.2, 0.25) is 0 Å². The van der Waals surface area contributed by atoms with Crippen molar-refractivity contribution in [2.45, 2.75) is 13.8 Å². The number of rotatable bonds is 5. The summed E-state index contributed by atoms with van der Waals surface area (Å²) in [4.78, 5) is 0. The number of ether oxygens (including phenoxy) is 2. The molecule has 0 aliphatic rings. The number of methoxy groups -OCH3 is 1. The first kappa shape index (κ1) is 14.1. The lowest BCUT2D eigenvalue weighted by Crippen LogP contribution is -2.00. The Morgan fingerprint density at radius 3 is 2.71 bits per heavy atom. The van der Waals surface area contributed by atoms with E-state index >= 15 is 0 Å². The van der Waals surface area contributed by atoms with E-state index in [1.807, 2.05) is 32.1 Å². The van der Waals surface area contributed by atoms with E-state index in [0.717, 1.165) is 27.1 Å². The van der Waals surface area contributed by atoms with E-state index in [0.29, 0.717) is 13.2 Å². The summed E-state index contributed by atoms with van der Waals surface area (Å²) in [6, 6.07) is 3.94. The summed E-state index contributed by atoms with van der Waals surface area (Å²) in [6.07, 6.45) is 2.03. The lowest BCUT2D eigenvalue weighted by Gasteiger charge is -2.12. The fourth-order valence-corrected chi connectivity index (χ4v) is 2.10. The molecular weight excluding hydrogens is 282 g/mol. The van der Waals surface area contributed by atoms with Gasteiger partial charge in [-0.15, -0.1) is 0 Å². The van der Waals surface area contributed by atoms with E-state index in [9.17, 15) is 0 Å². The molecule has 0 saturated heterocycles. The van der Waals surface area contributed by atoms with Gasteiger partial charge in [-0.25, -0.2) is 0 Å². The quantitative estimate of drug-likeness (QED) is 0.908. The number of nitrogens with two attached hydrogens (primary N) is 1. The van der Waals surface area contributed by atoms with Gasteiger partial charge in [0.15, 0.2) is 11.5 Å². The molecule has 1 aromatic rings. The molecule has 0 radical (unpaired) electrons. The van der Waals surface area contributed by atoms with Crippen molar-refractivity contribution in [1.82, 2.24) is 0 Å². The highest BCUT2D eigenvalue weighted by atomic mass is 79.9. The van der Waals surface area contributed by atoms with Crippen LogP contribution in [-0.4, -0.2) is 20.3 Å². The number of hydrogen-bond donors (Lipinski definition) is 1. The van der Waals surface area contributed by atoms with Gasteiger partial charge >= 0.3 is 0 Å². The Balaban J connectivity index is 3.19. The third-order valence-electron chi connectivity index (χ3n) is 2.27. The molecule has 0 aromatic heterocycles. The first-order valence-corrected chi connectivity index (χ1v) is 6.29. The van der Waals surface area contributed by atoms with Gasteiger partial charge in [0.1, 0.15) is 0 Å². The Bertz CT molecular complexity index is 416. The van der Waals surface area contributed by atoms with Crippen molar-refractivity contribution < 1.29 is 9.47 Å². The minimum absolute atomic E-state index is 0.549. The molecule has 1 aromatic carbocycles. The average Bonchev–Trinajstić information content (AvgIpc) is 2.29. The van der Waals surface area contributed by atoms with Gasteiger partial charge in [0, 0.05) is 6.54 Å². The maximum absolute atomic E-state index is 5.57. The fraction of sp³-hybridized carbons (Fsp3) is 0.385. The van der Waals surface area contributed by atoms with Crippen LogP contribution in [0.2, 0.25) is 0 Å². The molecule has 0 saturated carbocycles. The lowest BCUT2D eigenvalue weighted by molar-refractivity contribution is 0.310. The summed E-state index contributed by atoms with van der Waals surface area (Å²) in [7, 11) is 1.63. The SMILES string of the molecule is CCOc1cc(C=C(C)CN)cc(Br)c1OC. The first-order valence-electron chi connectivity index (χ1n) is 5.50. The third kappa shape index (κ3) is 3.75. The molecule has 3 nitrogen and oxygen atoms in total. The third-order valence-corrected chi connectivity index (χ3v) is 2.86. The van der Waals surface area contributed by atoms with Crippen molar-refractivity contribution >= 4 is 22.0 Å². The van der Waals surface area contributed by atoms with Crippen LogP contribution in [0.3, 0.4) is 0 Å². The van der Waals surface area contributed by atoms with E-state index in [1.54, 1.807) is 7.11 Å². The standard InChI is InChI=1S/C13H18BrNO2/c1-4-17-12-7-10(5-9(2)8-15)6-11(14)13(12)16-3/h5-7H,4,8,15H2,1-3H3. The molecule has 4 heteroatoms. The van der Waals surface area contributed by atoms with Crippen molar-refractivity contribution in [3.8, 4) is 11.5 Å². The molecule has 1 rings (SSSR count). The van der Waals surface area contributed by atoms with Crippen LogP contribution in [0.4, 0.5) is 0 Å². The smallest absolute Gasteiger partial charge is 0.174 e. The minimum atomic E-state index is 0.549. The zero-order chi connectivity index (χ0) is 12.8. The van der Waals surface area contributed by atoms with E-state index < -0.39 is 0 Å². The number of benzene rings is 1. The molecule has 2 N–H and O–H groups in total. The molecule has 17 heavy (non-hydrogen) atoms. The van der Waals surface area contributed by atoms with Crippen LogP contribution in [0.25, 0.3) is 6.08 Å². The lowest BCUT2D eigenvalue weighted by atomic mass is 10.1. The van der Waals surface area contributed by atoms with Crippen molar-refractivity contribution in [2.24, 2.45) is 5.73 Å². The zero-order valence-electron chi connectivity index (χ0n) is 10.4. The number of halogens is 1. The Morgan fingerprint density at radius 1 is 1.47 bits per heavy atom. The molecule has 0 amide bonds. The molecule has 0 heterocycles. The van der Waals surface area contributed by atoms with Crippen LogP contribution < -0.4 is 15.2 Å². The highest BCUT2D eigenvalue weighted by Crippen LogP contribution is 2.37. The number of hydrogen-bond acceptors (Lipinski definition) is 3. The molecule has 0 aliphatic carbocycles. The van der Waals surface area contributed by atoms with Crippen LogP contribution in [0, 0.1) is 0 Å². The second kappa shape index (κ2) is 6.67.